The van der Waals surface area contributed by atoms with Gasteiger partial charge in [0.25, 0.3) is 5.91 Å². The number of ether oxygens (including phenoxy) is 1. The number of amides is 2. The molecule has 23 heavy (non-hydrogen) atoms. The summed E-state index contributed by atoms with van der Waals surface area (Å²) >= 11 is 5.79. The molecule has 6 heteroatoms. The third kappa shape index (κ3) is 4.47. The molecule has 0 spiro atoms. The van der Waals surface area contributed by atoms with Crippen LogP contribution in [0.25, 0.3) is 0 Å². The Hall–Kier alpha value is -2.53. The van der Waals surface area contributed by atoms with Gasteiger partial charge >= 0.3 is 0 Å². The molecular weight excluding hydrogens is 316 g/mol. The summed E-state index contributed by atoms with van der Waals surface area (Å²) in [4.78, 5) is 23.9. The molecule has 0 aliphatic rings. The molecule has 0 heterocycles. The van der Waals surface area contributed by atoms with E-state index < -0.39 is 11.9 Å². The number of carbonyl (C=O) groups is 2. The van der Waals surface area contributed by atoms with Gasteiger partial charge in [-0.25, -0.2) is 0 Å². The van der Waals surface area contributed by atoms with Crippen molar-refractivity contribution in [2.75, 3.05) is 7.11 Å². The maximum atomic E-state index is 12.2. The number of nitrogens with one attached hydrogen (secondary N) is 1. The zero-order valence-electron chi connectivity index (χ0n) is 12.6. The number of benzene rings is 2. The molecule has 3 N–H and O–H groups in total. The lowest BCUT2D eigenvalue weighted by Crippen LogP contribution is -2.45. The van der Waals surface area contributed by atoms with Crippen LogP contribution in [0.5, 0.6) is 5.75 Å². The van der Waals surface area contributed by atoms with Crippen LogP contribution in [-0.4, -0.2) is 25.0 Å². The van der Waals surface area contributed by atoms with Crippen LogP contribution in [0.15, 0.2) is 48.5 Å². The Bertz CT molecular complexity index is 701. The fourth-order valence-electron chi connectivity index (χ4n) is 2.16. The molecule has 2 rings (SSSR count). The second-order valence-electron chi connectivity index (χ2n) is 4.95. The van der Waals surface area contributed by atoms with Gasteiger partial charge in [-0.2, -0.15) is 0 Å². The highest BCUT2D eigenvalue weighted by molar-refractivity contribution is 6.30. The Labute approximate surface area is 139 Å². The number of primary amides is 1. The van der Waals surface area contributed by atoms with Gasteiger partial charge < -0.3 is 15.8 Å². The second kappa shape index (κ2) is 7.65. The van der Waals surface area contributed by atoms with Crippen molar-refractivity contribution in [3.63, 3.8) is 0 Å². The van der Waals surface area contributed by atoms with Crippen molar-refractivity contribution in [3.8, 4) is 5.75 Å². The molecule has 120 valence electrons. The average molecular weight is 333 g/mol. The van der Waals surface area contributed by atoms with Crippen molar-refractivity contribution in [1.82, 2.24) is 5.32 Å². The SMILES string of the molecule is COc1ccccc1C[C@@H](NC(=O)c1ccc(Cl)cc1)C(N)=O. The van der Waals surface area contributed by atoms with E-state index in [1.807, 2.05) is 18.2 Å². The first-order chi connectivity index (χ1) is 11.0. The quantitative estimate of drug-likeness (QED) is 0.850. The molecule has 0 bridgehead atoms. The summed E-state index contributed by atoms with van der Waals surface area (Å²) < 4.78 is 5.25. The molecular formula is C17H17ClN2O3. The van der Waals surface area contributed by atoms with E-state index in [0.717, 1.165) is 5.56 Å². The number of para-hydroxylation sites is 1. The van der Waals surface area contributed by atoms with Crippen molar-refractivity contribution < 1.29 is 14.3 Å². The lowest BCUT2D eigenvalue weighted by Gasteiger charge is -2.17. The van der Waals surface area contributed by atoms with Crippen molar-refractivity contribution in [3.05, 3.63) is 64.7 Å². The van der Waals surface area contributed by atoms with Crippen LogP contribution in [-0.2, 0) is 11.2 Å². The first-order valence-corrected chi connectivity index (χ1v) is 7.36. The third-order valence-corrected chi connectivity index (χ3v) is 3.62. The Kier molecular flexibility index (Phi) is 5.60. The molecule has 2 amide bonds. The van der Waals surface area contributed by atoms with E-state index in [1.165, 1.54) is 0 Å². The number of halogens is 1. The monoisotopic (exact) mass is 332 g/mol. The van der Waals surface area contributed by atoms with Crippen LogP contribution in [0.2, 0.25) is 5.02 Å². The molecule has 0 saturated heterocycles. The zero-order valence-corrected chi connectivity index (χ0v) is 13.3. The minimum Gasteiger partial charge on any atom is -0.496 e. The Balaban J connectivity index is 2.14. The van der Waals surface area contributed by atoms with Crippen LogP contribution in [0, 0.1) is 0 Å². The van der Waals surface area contributed by atoms with Gasteiger partial charge in [0.05, 0.1) is 7.11 Å². The highest BCUT2D eigenvalue weighted by Gasteiger charge is 2.21. The molecule has 0 aliphatic heterocycles. The summed E-state index contributed by atoms with van der Waals surface area (Å²) in [7, 11) is 1.55. The molecule has 5 nitrogen and oxygen atoms in total. The summed E-state index contributed by atoms with van der Waals surface area (Å²) in [6.45, 7) is 0. The summed E-state index contributed by atoms with van der Waals surface area (Å²) in [5.74, 6) is -0.363. The number of hydrogen-bond donors (Lipinski definition) is 2. The summed E-state index contributed by atoms with van der Waals surface area (Å²) in [5, 5.41) is 3.17. The van der Waals surface area contributed by atoms with Crippen molar-refractivity contribution >= 4 is 23.4 Å². The second-order valence-corrected chi connectivity index (χ2v) is 5.39. The molecule has 2 aromatic carbocycles. The van der Waals surface area contributed by atoms with Crippen LogP contribution < -0.4 is 15.8 Å². The van der Waals surface area contributed by atoms with E-state index in [1.54, 1.807) is 37.4 Å². The van der Waals surface area contributed by atoms with Gasteiger partial charge in [0.15, 0.2) is 0 Å². The summed E-state index contributed by atoms with van der Waals surface area (Å²) in [5.41, 5.74) is 6.60. The maximum absolute atomic E-state index is 12.2. The first kappa shape index (κ1) is 16.8. The lowest BCUT2D eigenvalue weighted by atomic mass is 10.0. The van der Waals surface area contributed by atoms with Crippen molar-refractivity contribution in [2.45, 2.75) is 12.5 Å². The topological polar surface area (TPSA) is 81.4 Å². The lowest BCUT2D eigenvalue weighted by molar-refractivity contribution is -0.119. The van der Waals surface area contributed by atoms with Crippen LogP contribution in [0.3, 0.4) is 0 Å². The normalized spacial score (nSPS) is 11.6. The molecule has 2 aromatic rings. The van der Waals surface area contributed by atoms with E-state index in [-0.39, 0.29) is 12.3 Å². The molecule has 0 aliphatic carbocycles. The Morgan fingerprint density at radius 1 is 1.17 bits per heavy atom. The van der Waals surface area contributed by atoms with Crippen LogP contribution in [0.1, 0.15) is 15.9 Å². The number of rotatable bonds is 6. The van der Waals surface area contributed by atoms with E-state index in [0.29, 0.717) is 16.3 Å². The summed E-state index contributed by atoms with van der Waals surface area (Å²) in [6.07, 6.45) is 0.249. The van der Waals surface area contributed by atoms with E-state index >= 15 is 0 Å². The molecule has 1 atom stereocenters. The predicted octanol–water partition coefficient (Wildman–Crippen LogP) is 2.17. The highest BCUT2D eigenvalue weighted by atomic mass is 35.5. The smallest absolute Gasteiger partial charge is 0.251 e. The average Bonchev–Trinajstić information content (AvgIpc) is 2.55. The van der Waals surface area contributed by atoms with Gasteiger partial charge in [0, 0.05) is 17.0 Å². The van der Waals surface area contributed by atoms with Crippen molar-refractivity contribution in [2.24, 2.45) is 5.73 Å². The zero-order chi connectivity index (χ0) is 16.8. The number of methoxy groups -OCH3 is 1. The largest absolute Gasteiger partial charge is 0.496 e. The van der Waals surface area contributed by atoms with Gasteiger partial charge in [-0.05, 0) is 35.9 Å². The first-order valence-electron chi connectivity index (χ1n) is 6.99. The van der Waals surface area contributed by atoms with Gasteiger partial charge in [0.1, 0.15) is 11.8 Å². The number of carbonyl (C=O) groups excluding carboxylic acids is 2. The van der Waals surface area contributed by atoms with Gasteiger partial charge in [-0.3, -0.25) is 9.59 Å². The minimum absolute atomic E-state index is 0.249. The molecule has 0 fully saturated rings. The number of nitrogens with two attached hydrogens (primary N) is 1. The molecule has 0 radical (unpaired) electrons. The van der Waals surface area contributed by atoms with Gasteiger partial charge in [-0.1, -0.05) is 29.8 Å². The fourth-order valence-corrected chi connectivity index (χ4v) is 2.28. The van der Waals surface area contributed by atoms with Gasteiger partial charge in [-0.15, -0.1) is 0 Å². The van der Waals surface area contributed by atoms with Crippen LogP contribution in [0.4, 0.5) is 0 Å². The van der Waals surface area contributed by atoms with Crippen LogP contribution >= 0.6 is 11.6 Å². The third-order valence-electron chi connectivity index (χ3n) is 3.37. The Morgan fingerprint density at radius 2 is 1.83 bits per heavy atom. The molecule has 0 saturated carbocycles. The molecule has 0 unspecified atom stereocenters. The highest BCUT2D eigenvalue weighted by Crippen LogP contribution is 2.19. The minimum atomic E-state index is -0.838. The van der Waals surface area contributed by atoms with E-state index in [9.17, 15) is 9.59 Å². The fraction of sp³-hybridized carbons (Fsp3) is 0.176. The number of hydrogen-bond acceptors (Lipinski definition) is 3. The predicted molar refractivity (Wildman–Crippen MR) is 88.6 cm³/mol. The Morgan fingerprint density at radius 3 is 2.43 bits per heavy atom. The summed E-state index contributed by atoms with van der Waals surface area (Å²) in [6, 6.07) is 12.8. The van der Waals surface area contributed by atoms with Crippen molar-refractivity contribution in [1.29, 1.82) is 0 Å². The standard InChI is InChI=1S/C17H17ClN2O3/c1-23-15-5-3-2-4-12(15)10-14(16(19)21)20-17(22)11-6-8-13(18)9-7-11/h2-9,14H,10H2,1H3,(H2,19,21)(H,20,22)/t14-/m1/s1. The van der Waals surface area contributed by atoms with E-state index in [2.05, 4.69) is 5.32 Å². The van der Waals surface area contributed by atoms with E-state index in [4.69, 9.17) is 22.1 Å². The van der Waals surface area contributed by atoms with Gasteiger partial charge in [0.2, 0.25) is 5.91 Å². The molecule has 0 aromatic heterocycles. The maximum Gasteiger partial charge on any atom is 0.251 e.